The second-order valence-electron chi connectivity index (χ2n) is 11.7. The van der Waals surface area contributed by atoms with Crippen LogP contribution in [0.4, 0.5) is 0 Å². The standard InChI is InChI=1S/C33H44BrN3O7/c1-4-7-12-17-36(16-6-3)31(41)29-33-20-23(34)28(44-33)26(27(33)30(40)37(29)18-19-38)32(42)43-24(22-13-10-9-11-14-22)21-35-25(39)15-8-5-2/h5-6,9-11,13-14,23-24,26-29,38H,2-4,7-8,12,15-21H2,1H3,(H,35,39)/t23?,24-,26-,27+,28-,29-,33+/m1/s1. The Bertz CT molecular complexity index is 1210. The van der Waals surface area contributed by atoms with E-state index in [1.165, 1.54) is 4.90 Å². The number of esters is 1. The zero-order valence-corrected chi connectivity index (χ0v) is 27.0. The summed E-state index contributed by atoms with van der Waals surface area (Å²) in [6.45, 7) is 10.0. The molecular weight excluding hydrogens is 630 g/mol. The van der Waals surface area contributed by atoms with E-state index in [1.807, 2.05) is 30.3 Å². The number of aliphatic hydroxyl groups is 1. The molecule has 3 amide bonds. The number of alkyl halides is 1. The van der Waals surface area contributed by atoms with Crippen LogP contribution in [-0.4, -0.2) is 94.0 Å². The summed E-state index contributed by atoms with van der Waals surface area (Å²) in [7, 11) is 0. The summed E-state index contributed by atoms with van der Waals surface area (Å²) in [5.74, 6) is -3.42. The summed E-state index contributed by atoms with van der Waals surface area (Å²) in [4.78, 5) is 57.4. The normalized spacial score (nSPS) is 27.5. The highest BCUT2D eigenvalue weighted by Crippen LogP contribution is 2.60. The van der Waals surface area contributed by atoms with Crippen molar-refractivity contribution in [2.45, 2.75) is 74.1 Å². The van der Waals surface area contributed by atoms with E-state index < -0.39 is 47.6 Å². The summed E-state index contributed by atoms with van der Waals surface area (Å²) in [5, 5.41) is 12.7. The number of carbonyl (C=O) groups is 4. The van der Waals surface area contributed by atoms with Crippen LogP contribution in [0.15, 0.2) is 55.6 Å². The third-order valence-corrected chi connectivity index (χ3v) is 9.66. The molecule has 0 radical (unpaired) electrons. The van der Waals surface area contributed by atoms with Crippen molar-refractivity contribution >= 4 is 39.6 Å². The summed E-state index contributed by atoms with van der Waals surface area (Å²) in [6, 6.07) is 8.11. The van der Waals surface area contributed by atoms with E-state index in [1.54, 1.807) is 17.1 Å². The quantitative estimate of drug-likeness (QED) is 0.113. The predicted molar refractivity (Wildman–Crippen MR) is 169 cm³/mol. The van der Waals surface area contributed by atoms with Gasteiger partial charge in [-0.1, -0.05) is 78.2 Å². The molecular formula is C33H44BrN3O7. The molecule has 1 spiro atoms. The third-order valence-electron chi connectivity index (χ3n) is 8.82. The number of hydrogen-bond acceptors (Lipinski definition) is 7. The maximum absolute atomic E-state index is 14.2. The molecule has 1 aromatic rings. The molecule has 3 fully saturated rings. The molecule has 3 aliphatic heterocycles. The monoisotopic (exact) mass is 673 g/mol. The molecule has 0 saturated carbocycles. The molecule has 1 unspecified atom stereocenters. The lowest BCUT2D eigenvalue weighted by atomic mass is 9.70. The fourth-order valence-electron chi connectivity index (χ4n) is 6.84. The van der Waals surface area contributed by atoms with E-state index in [0.29, 0.717) is 31.5 Å². The number of allylic oxidation sites excluding steroid dienone is 1. The van der Waals surface area contributed by atoms with Crippen molar-refractivity contribution in [3.8, 4) is 0 Å². The van der Waals surface area contributed by atoms with Gasteiger partial charge in [0, 0.05) is 30.9 Å². The van der Waals surface area contributed by atoms with Crippen LogP contribution in [0.2, 0.25) is 0 Å². The molecule has 1 aromatic carbocycles. The first-order valence-electron chi connectivity index (χ1n) is 15.5. The van der Waals surface area contributed by atoms with Gasteiger partial charge < -0.3 is 29.7 Å². The zero-order chi connectivity index (χ0) is 31.9. The minimum absolute atomic E-state index is 0.0531. The highest BCUT2D eigenvalue weighted by atomic mass is 79.9. The molecule has 3 aliphatic rings. The van der Waals surface area contributed by atoms with Crippen molar-refractivity contribution < 1.29 is 33.8 Å². The topological polar surface area (TPSA) is 125 Å². The number of nitrogens with one attached hydrogen (secondary N) is 1. The van der Waals surface area contributed by atoms with Gasteiger partial charge >= 0.3 is 5.97 Å². The van der Waals surface area contributed by atoms with Crippen molar-refractivity contribution in [3.05, 3.63) is 61.2 Å². The number of hydrogen-bond donors (Lipinski definition) is 2. The SMILES string of the molecule is C=CCCC(=O)NC[C@@H](OC(=O)[C@H]1[C@@H]2O[C@@]3(CC2Br)[C@@H]1C(=O)N(CCO)[C@@H]3C(=O)N(CC=C)CCCCC)c1ccccc1. The van der Waals surface area contributed by atoms with Crippen molar-refractivity contribution in [3.63, 3.8) is 0 Å². The minimum Gasteiger partial charge on any atom is -0.455 e. The first-order chi connectivity index (χ1) is 21.2. The summed E-state index contributed by atoms with van der Waals surface area (Å²) < 4.78 is 12.6. The van der Waals surface area contributed by atoms with E-state index in [4.69, 9.17) is 9.47 Å². The zero-order valence-electron chi connectivity index (χ0n) is 25.4. The number of β-amino-alcohol motifs (C(OH)–C–C–N with tert-alkyl or cyclic N) is 1. The number of ether oxygens (including phenoxy) is 2. The Balaban J connectivity index is 1.62. The van der Waals surface area contributed by atoms with Crippen LogP contribution < -0.4 is 5.32 Å². The Morgan fingerprint density at radius 2 is 2.00 bits per heavy atom. The molecule has 10 nitrogen and oxygen atoms in total. The number of halogens is 1. The second kappa shape index (κ2) is 15.3. The van der Waals surface area contributed by atoms with Crippen LogP contribution in [0.25, 0.3) is 0 Å². The Hall–Kier alpha value is -3.02. The lowest BCUT2D eigenvalue weighted by Gasteiger charge is -2.37. The summed E-state index contributed by atoms with van der Waals surface area (Å²) in [6.07, 6.45) is 5.72. The number of fused-ring (bicyclic) bond motifs is 1. The van der Waals surface area contributed by atoms with Gasteiger partial charge in [0.2, 0.25) is 17.7 Å². The molecule has 240 valence electrons. The molecule has 44 heavy (non-hydrogen) atoms. The lowest BCUT2D eigenvalue weighted by molar-refractivity contribution is -0.160. The van der Waals surface area contributed by atoms with Gasteiger partial charge in [-0.05, 0) is 24.8 Å². The third kappa shape index (κ3) is 6.79. The van der Waals surface area contributed by atoms with E-state index >= 15 is 0 Å². The van der Waals surface area contributed by atoms with E-state index in [2.05, 4.69) is 41.3 Å². The van der Waals surface area contributed by atoms with Crippen LogP contribution in [-0.2, 0) is 28.7 Å². The van der Waals surface area contributed by atoms with Crippen molar-refractivity contribution in [1.82, 2.24) is 15.1 Å². The summed E-state index contributed by atoms with van der Waals surface area (Å²) >= 11 is 3.68. The molecule has 2 N–H and O–H groups in total. The van der Waals surface area contributed by atoms with Gasteiger partial charge in [0.15, 0.2) is 0 Å². The molecule has 0 aliphatic carbocycles. The maximum Gasteiger partial charge on any atom is 0.313 e. The Morgan fingerprint density at radius 1 is 1.25 bits per heavy atom. The van der Waals surface area contributed by atoms with Crippen molar-refractivity contribution in [2.75, 3.05) is 32.8 Å². The Kier molecular flexibility index (Phi) is 11.8. The maximum atomic E-state index is 14.2. The van der Waals surface area contributed by atoms with Gasteiger partial charge in [0.25, 0.3) is 0 Å². The van der Waals surface area contributed by atoms with Gasteiger partial charge in [0.05, 0.1) is 31.1 Å². The molecule has 4 rings (SSSR count). The molecule has 11 heteroatoms. The van der Waals surface area contributed by atoms with E-state index in [0.717, 1.165) is 19.3 Å². The fraction of sp³-hybridized carbons (Fsp3) is 0.576. The van der Waals surface area contributed by atoms with Gasteiger partial charge in [0.1, 0.15) is 17.7 Å². The first-order valence-corrected chi connectivity index (χ1v) is 16.4. The van der Waals surface area contributed by atoms with Gasteiger partial charge in [-0.2, -0.15) is 0 Å². The average Bonchev–Trinajstić information content (AvgIpc) is 3.61. The number of rotatable bonds is 17. The van der Waals surface area contributed by atoms with Crippen molar-refractivity contribution in [2.24, 2.45) is 11.8 Å². The average molecular weight is 675 g/mol. The number of unbranched alkanes of at least 4 members (excludes halogenated alkanes) is 2. The van der Waals surface area contributed by atoms with E-state index in [-0.39, 0.29) is 42.8 Å². The first kappa shape index (κ1) is 33.9. The van der Waals surface area contributed by atoms with Gasteiger partial charge in [-0.3, -0.25) is 19.2 Å². The largest absolute Gasteiger partial charge is 0.455 e. The number of carbonyl (C=O) groups excluding carboxylic acids is 4. The number of likely N-dealkylation sites (tertiary alicyclic amines) is 1. The second-order valence-corrected chi connectivity index (χ2v) is 12.8. The lowest BCUT2D eigenvalue weighted by Crippen LogP contribution is -2.57. The Labute approximate surface area is 267 Å². The molecule has 3 heterocycles. The van der Waals surface area contributed by atoms with Gasteiger partial charge in [-0.15, -0.1) is 13.2 Å². The van der Waals surface area contributed by atoms with Gasteiger partial charge in [-0.25, -0.2) is 0 Å². The van der Waals surface area contributed by atoms with Crippen LogP contribution in [0, 0.1) is 11.8 Å². The molecule has 3 saturated heterocycles. The van der Waals surface area contributed by atoms with Crippen LogP contribution in [0.5, 0.6) is 0 Å². The number of amides is 3. The molecule has 0 aromatic heterocycles. The highest BCUT2D eigenvalue weighted by molar-refractivity contribution is 9.09. The van der Waals surface area contributed by atoms with Crippen LogP contribution in [0.1, 0.15) is 57.1 Å². The highest BCUT2D eigenvalue weighted by Gasteiger charge is 2.77. The van der Waals surface area contributed by atoms with E-state index in [9.17, 15) is 24.3 Å². The predicted octanol–water partition coefficient (Wildman–Crippen LogP) is 3.30. The number of nitrogens with zero attached hydrogens (tertiary/aromatic N) is 2. The molecule has 7 atom stereocenters. The van der Waals surface area contributed by atoms with Crippen LogP contribution >= 0.6 is 15.9 Å². The molecule has 2 bridgehead atoms. The Morgan fingerprint density at radius 3 is 2.66 bits per heavy atom. The smallest absolute Gasteiger partial charge is 0.313 e. The minimum atomic E-state index is -1.25. The summed E-state index contributed by atoms with van der Waals surface area (Å²) in [5.41, 5.74) is -0.559. The van der Waals surface area contributed by atoms with Crippen molar-refractivity contribution in [1.29, 1.82) is 0 Å². The van der Waals surface area contributed by atoms with Crippen LogP contribution in [0.3, 0.4) is 0 Å². The number of aliphatic hydroxyl groups excluding tert-OH is 1. The fourth-order valence-corrected chi connectivity index (χ4v) is 7.78. The number of benzene rings is 1.